The SMILES string of the molecule is CC(C)c1ccc(C2CCN(C(C)C)CC2)c(F)c1. The van der Waals surface area contributed by atoms with Gasteiger partial charge in [0.2, 0.25) is 0 Å². The number of hydrogen-bond acceptors (Lipinski definition) is 1. The molecule has 2 rings (SSSR count). The van der Waals surface area contributed by atoms with Gasteiger partial charge in [-0.2, -0.15) is 0 Å². The van der Waals surface area contributed by atoms with Gasteiger partial charge < -0.3 is 4.90 Å². The molecular formula is C17H26FN. The third-order valence-corrected chi connectivity index (χ3v) is 4.39. The summed E-state index contributed by atoms with van der Waals surface area (Å²) in [6, 6.07) is 6.45. The van der Waals surface area contributed by atoms with Crippen LogP contribution in [0, 0.1) is 5.82 Å². The minimum Gasteiger partial charge on any atom is -0.301 e. The summed E-state index contributed by atoms with van der Waals surface area (Å²) in [6.07, 6.45) is 2.16. The molecule has 1 aromatic rings. The smallest absolute Gasteiger partial charge is 0.126 e. The van der Waals surface area contributed by atoms with Gasteiger partial charge in [-0.25, -0.2) is 4.39 Å². The van der Waals surface area contributed by atoms with Gasteiger partial charge in [-0.3, -0.25) is 0 Å². The molecule has 1 aliphatic heterocycles. The minimum absolute atomic E-state index is 0.00537. The van der Waals surface area contributed by atoms with Crippen molar-refractivity contribution in [2.45, 2.75) is 58.4 Å². The van der Waals surface area contributed by atoms with Crippen molar-refractivity contribution >= 4 is 0 Å². The molecule has 1 fully saturated rings. The highest BCUT2D eigenvalue weighted by molar-refractivity contribution is 5.29. The zero-order valence-corrected chi connectivity index (χ0v) is 12.6. The lowest BCUT2D eigenvalue weighted by atomic mass is 9.87. The van der Waals surface area contributed by atoms with E-state index in [2.05, 4.69) is 38.7 Å². The molecule has 0 atom stereocenters. The molecule has 1 nitrogen and oxygen atoms in total. The first-order chi connectivity index (χ1) is 8.99. The highest BCUT2D eigenvalue weighted by Crippen LogP contribution is 2.31. The Labute approximate surface area is 116 Å². The van der Waals surface area contributed by atoms with Crippen LogP contribution in [0.4, 0.5) is 4.39 Å². The lowest BCUT2D eigenvalue weighted by Gasteiger charge is -2.35. The van der Waals surface area contributed by atoms with Gasteiger partial charge in [0.25, 0.3) is 0 Å². The van der Waals surface area contributed by atoms with E-state index in [1.807, 2.05) is 6.07 Å². The predicted molar refractivity (Wildman–Crippen MR) is 79.2 cm³/mol. The first-order valence-electron chi connectivity index (χ1n) is 7.52. The highest BCUT2D eigenvalue weighted by Gasteiger charge is 2.24. The van der Waals surface area contributed by atoms with Crippen molar-refractivity contribution in [3.05, 3.63) is 35.1 Å². The first-order valence-corrected chi connectivity index (χ1v) is 7.52. The summed E-state index contributed by atoms with van der Waals surface area (Å²) in [5.41, 5.74) is 2.02. The molecule has 1 aliphatic rings. The van der Waals surface area contributed by atoms with Crippen LogP contribution in [0.5, 0.6) is 0 Å². The van der Waals surface area contributed by atoms with Crippen molar-refractivity contribution in [1.29, 1.82) is 0 Å². The molecule has 0 aliphatic carbocycles. The Morgan fingerprint density at radius 2 is 1.74 bits per heavy atom. The number of hydrogen-bond donors (Lipinski definition) is 0. The lowest BCUT2D eigenvalue weighted by molar-refractivity contribution is 0.171. The highest BCUT2D eigenvalue weighted by atomic mass is 19.1. The number of rotatable bonds is 3. The van der Waals surface area contributed by atoms with E-state index in [1.165, 1.54) is 0 Å². The first kappa shape index (κ1) is 14.5. The Morgan fingerprint density at radius 3 is 2.21 bits per heavy atom. The molecule has 19 heavy (non-hydrogen) atoms. The Hall–Kier alpha value is -0.890. The molecule has 0 amide bonds. The molecule has 106 valence electrons. The molecule has 0 aromatic heterocycles. The number of likely N-dealkylation sites (tertiary alicyclic amines) is 1. The van der Waals surface area contributed by atoms with E-state index in [1.54, 1.807) is 6.07 Å². The van der Waals surface area contributed by atoms with Crippen LogP contribution in [0.3, 0.4) is 0 Å². The number of halogens is 1. The Morgan fingerprint density at radius 1 is 1.11 bits per heavy atom. The normalized spacial score (nSPS) is 18.5. The van der Waals surface area contributed by atoms with Crippen molar-refractivity contribution < 1.29 is 4.39 Å². The van der Waals surface area contributed by atoms with Crippen molar-refractivity contribution in [2.24, 2.45) is 0 Å². The van der Waals surface area contributed by atoms with Crippen LogP contribution in [-0.2, 0) is 0 Å². The van der Waals surface area contributed by atoms with Gasteiger partial charge in [0, 0.05) is 6.04 Å². The van der Waals surface area contributed by atoms with E-state index in [-0.39, 0.29) is 5.82 Å². The molecular weight excluding hydrogens is 237 g/mol. The molecule has 0 bridgehead atoms. The second-order valence-corrected chi connectivity index (χ2v) is 6.34. The molecule has 0 saturated carbocycles. The predicted octanol–water partition coefficient (Wildman–Crippen LogP) is 4.54. The van der Waals surface area contributed by atoms with E-state index in [4.69, 9.17) is 0 Å². The maximum absolute atomic E-state index is 14.2. The van der Waals surface area contributed by atoms with Gasteiger partial charge in [0.15, 0.2) is 0 Å². The molecule has 0 unspecified atom stereocenters. The van der Waals surface area contributed by atoms with Gasteiger partial charge in [-0.1, -0.05) is 26.0 Å². The van der Waals surface area contributed by atoms with E-state index in [0.29, 0.717) is 17.9 Å². The van der Waals surface area contributed by atoms with Gasteiger partial charge in [0.1, 0.15) is 5.82 Å². The Balaban J connectivity index is 2.07. The topological polar surface area (TPSA) is 3.24 Å². The zero-order chi connectivity index (χ0) is 14.0. The van der Waals surface area contributed by atoms with Crippen LogP contribution in [0.25, 0.3) is 0 Å². The average Bonchev–Trinajstić information content (AvgIpc) is 2.38. The van der Waals surface area contributed by atoms with Crippen molar-refractivity contribution in [3.8, 4) is 0 Å². The average molecular weight is 263 g/mol. The minimum atomic E-state index is -0.00537. The Kier molecular flexibility index (Phi) is 4.62. The molecule has 1 heterocycles. The second-order valence-electron chi connectivity index (χ2n) is 6.34. The van der Waals surface area contributed by atoms with Crippen LogP contribution in [-0.4, -0.2) is 24.0 Å². The van der Waals surface area contributed by atoms with E-state index < -0.39 is 0 Å². The van der Waals surface area contributed by atoms with Crippen molar-refractivity contribution in [1.82, 2.24) is 4.90 Å². The van der Waals surface area contributed by atoms with Crippen LogP contribution < -0.4 is 0 Å². The maximum atomic E-state index is 14.2. The molecule has 0 N–H and O–H groups in total. The van der Waals surface area contributed by atoms with Crippen LogP contribution in [0.1, 0.15) is 63.5 Å². The largest absolute Gasteiger partial charge is 0.301 e. The fourth-order valence-electron chi connectivity index (χ4n) is 2.96. The summed E-state index contributed by atoms with van der Waals surface area (Å²) in [5, 5.41) is 0. The standard InChI is InChI=1S/C17H26FN/c1-12(2)15-5-6-16(17(18)11-15)14-7-9-19(10-8-14)13(3)4/h5-6,11-14H,7-10H2,1-4H3. The summed E-state index contributed by atoms with van der Waals surface area (Å²) in [7, 11) is 0. The van der Waals surface area contributed by atoms with Gasteiger partial charge >= 0.3 is 0 Å². The number of benzene rings is 1. The van der Waals surface area contributed by atoms with Gasteiger partial charge in [0.05, 0.1) is 0 Å². The summed E-state index contributed by atoms with van der Waals surface area (Å²) in [6.45, 7) is 10.9. The van der Waals surface area contributed by atoms with Crippen molar-refractivity contribution in [2.75, 3.05) is 13.1 Å². The van der Waals surface area contributed by atoms with Gasteiger partial charge in [-0.05, 0) is 68.8 Å². The monoisotopic (exact) mass is 263 g/mol. The van der Waals surface area contributed by atoms with E-state index in [0.717, 1.165) is 37.1 Å². The van der Waals surface area contributed by atoms with Gasteiger partial charge in [-0.15, -0.1) is 0 Å². The van der Waals surface area contributed by atoms with E-state index in [9.17, 15) is 4.39 Å². The summed E-state index contributed by atoms with van der Waals surface area (Å²) in [4.78, 5) is 2.48. The maximum Gasteiger partial charge on any atom is 0.126 e. The third-order valence-electron chi connectivity index (χ3n) is 4.39. The Bertz CT molecular complexity index is 417. The van der Waals surface area contributed by atoms with Crippen molar-refractivity contribution in [3.63, 3.8) is 0 Å². The van der Waals surface area contributed by atoms with Crippen LogP contribution in [0.2, 0.25) is 0 Å². The fraction of sp³-hybridized carbons (Fsp3) is 0.647. The molecule has 2 heteroatoms. The number of nitrogens with zero attached hydrogens (tertiary/aromatic N) is 1. The third kappa shape index (κ3) is 3.36. The summed E-state index contributed by atoms with van der Waals surface area (Å²) >= 11 is 0. The molecule has 0 radical (unpaired) electrons. The lowest BCUT2D eigenvalue weighted by Crippen LogP contribution is -2.38. The van der Waals surface area contributed by atoms with Crippen LogP contribution >= 0.6 is 0 Å². The summed E-state index contributed by atoms with van der Waals surface area (Å²) < 4.78 is 14.2. The summed E-state index contributed by atoms with van der Waals surface area (Å²) in [5.74, 6) is 0.789. The zero-order valence-electron chi connectivity index (χ0n) is 12.6. The van der Waals surface area contributed by atoms with Crippen LogP contribution in [0.15, 0.2) is 18.2 Å². The van der Waals surface area contributed by atoms with E-state index >= 15 is 0 Å². The molecule has 1 aromatic carbocycles. The quantitative estimate of drug-likeness (QED) is 0.774. The number of piperidine rings is 1. The fourth-order valence-corrected chi connectivity index (χ4v) is 2.96. The molecule has 0 spiro atoms. The molecule has 1 saturated heterocycles. The second kappa shape index (κ2) is 6.04.